The predicted molar refractivity (Wildman–Crippen MR) is 86.4 cm³/mol. The summed E-state index contributed by atoms with van der Waals surface area (Å²) in [6, 6.07) is 5.78. The van der Waals surface area contributed by atoms with Gasteiger partial charge in [-0.15, -0.1) is 0 Å². The van der Waals surface area contributed by atoms with Crippen LogP contribution in [-0.4, -0.2) is 13.1 Å². The fourth-order valence-corrected chi connectivity index (χ4v) is 3.34. The van der Waals surface area contributed by atoms with Crippen molar-refractivity contribution in [2.75, 3.05) is 13.1 Å². The highest BCUT2D eigenvalue weighted by atomic mass is 35.5. The Morgan fingerprint density at radius 2 is 1.63 bits per heavy atom. The fourth-order valence-electron chi connectivity index (χ4n) is 2.55. The molecule has 0 aliphatic heterocycles. The van der Waals surface area contributed by atoms with Crippen LogP contribution in [0, 0.1) is 5.92 Å². The molecule has 0 spiro atoms. The summed E-state index contributed by atoms with van der Waals surface area (Å²) in [7, 11) is 0. The van der Waals surface area contributed by atoms with E-state index in [-0.39, 0.29) is 5.41 Å². The van der Waals surface area contributed by atoms with Gasteiger partial charge < -0.3 is 5.32 Å². The summed E-state index contributed by atoms with van der Waals surface area (Å²) in [4.78, 5) is 0. The summed E-state index contributed by atoms with van der Waals surface area (Å²) >= 11 is 12.8. The highest BCUT2D eigenvalue weighted by Gasteiger charge is 2.32. The molecule has 1 aromatic rings. The molecule has 3 heteroatoms. The van der Waals surface area contributed by atoms with E-state index in [9.17, 15) is 0 Å². The van der Waals surface area contributed by atoms with E-state index in [0.717, 1.165) is 41.5 Å². The Morgan fingerprint density at radius 1 is 1.11 bits per heavy atom. The second kappa shape index (κ2) is 7.52. The van der Waals surface area contributed by atoms with Gasteiger partial charge in [-0.1, -0.05) is 57.0 Å². The standard InChI is InChI=1S/C16H25Cl2N/c1-5-16(6-2,11-19-10-12(3)4)15-13(17)8-7-9-14(15)18/h7-9,12,19H,5-6,10-11H2,1-4H3. The van der Waals surface area contributed by atoms with Crippen molar-refractivity contribution in [2.45, 2.75) is 46.0 Å². The van der Waals surface area contributed by atoms with Crippen LogP contribution in [0.15, 0.2) is 18.2 Å². The van der Waals surface area contributed by atoms with Crippen molar-refractivity contribution in [1.29, 1.82) is 0 Å². The predicted octanol–water partition coefficient (Wildman–Crippen LogP) is 5.30. The number of rotatable bonds is 7. The largest absolute Gasteiger partial charge is 0.316 e. The summed E-state index contributed by atoms with van der Waals surface area (Å²) in [5.41, 5.74) is 1.12. The molecular formula is C16H25Cl2N. The molecule has 0 saturated carbocycles. The van der Waals surface area contributed by atoms with Gasteiger partial charge in [0.25, 0.3) is 0 Å². The van der Waals surface area contributed by atoms with E-state index in [1.54, 1.807) is 0 Å². The van der Waals surface area contributed by atoms with Crippen molar-refractivity contribution < 1.29 is 0 Å². The summed E-state index contributed by atoms with van der Waals surface area (Å²) in [5.74, 6) is 0.646. The van der Waals surface area contributed by atoms with E-state index in [1.807, 2.05) is 18.2 Å². The van der Waals surface area contributed by atoms with Gasteiger partial charge in [-0.3, -0.25) is 0 Å². The third-order valence-electron chi connectivity index (χ3n) is 3.86. The molecule has 0 amide bonds. The van der Waals surface area contributed by atoms with Gasteiger partial charge in [-0.2, -0.15) is 0 Å². The van der Waals surface area contributed by atoms with E-state index >= 15 is 0 Å². The van der Waals surface area contributed by atoms with Crippen molar-refractivity contribution in [2.24, 2.45) is 5.92 Å². The normalized spacial score (nSPS) is 12.2. The molecule has 19 heavy (non-hydrogen) atoms. The topological polar surface area (TPSA) is 12.0 Å². The zero-order valence-electron chi connectivity index (χ0n) is 12.4. The average Bonchev–Trinajstić information content (AvgIpc) is 2.36. The van der Waals surface area contributed by atoms with Crippen LogP contribution in [0.4, 0.5) is 0 Å². The Balaban J connectivity index is 3.04. The number of halogens is 2. The van der Waals surface area contributed by atoms with E-state index in [2.05, 4.69) is 33.0 Å². The van der Waals surface area contributed by atoms with E-state index in [0.29, 0.717) is 5.92 Å². The van der Waals surface area contributed by atoms with E-state index in [4.69, 9.17) is 23.2 Å². The lowest BCUT2D eigenvalue weighted by molar-refractivity contribution is 0.359. The molecule has 0 bridgehead atoms. The van der Waals surface area contributed by atoms with Crippen molar-refractivity contribution >= 4 is 23.2 Å². The van der Waals surface area contributed by atoms with Crippen molar-refractivity contribution in [1.82, 2.24) is 5.32 Å². The molecule has 1 rings (SSSR count). The second-order valence-electron chi connectivity index (χ2n) is 5.61. The maximum atomic E-state index is 6.40. The molecule has 0 heterocycles. The van der Waals surface area contributed by atoms with Gasteiger partial charge in [0.05, 0.1) is 0 Å². The Bertz CT molecular complexity index is 377. The van der Waals surface area contributed by atoms with Gasteiger partial charge in [0, 0.05) is 22.0 Å². The monoisotopic (exact) mass is 301 g/mol. The van der Waals surface area contributed by atoms with E-state index < -0.39 is 0 Å². The molecule has 0 saturated heterocycles. The zero-order valence-corrected chi connectivity index (χ0v) is 13.9. The van der Waals surface area contributed by atoms with Gasteiger partial charge in [0.15, 0.2) is 0 Å². The second-order valence-corrected chi connectivity index (χ2v) is 6.42. The molecule has 108 valence electrons. The minimum atomic E-state index is 0.0182. The quantitative estimate of drug-likeness (QED) is 0.721. The first kappa shape index (κ1) is 16.8. The number of benzene rings is 1. The highest BCUT2D eigenvalue weighted by molar-refractivity contribution is 6.36. The molecule has 0 fully saturated rings. The zero-order chi connectivity index (χ0) is 14.5. The van der Waals surface area contributed by atoms with Gasteiger partial charge in [0.1, 0.15) is 0 Å². The number of nitrogens with one attached hydrogen (secondary N) is 1. The molecular weight excluding hydrogens is 277 g/mol. The first-order chi connectivity index (χ1) is 8.96. The summed E-state index contributed by atoms with van der Waals surface area (Å²) < 4.78 is 0. The average molecular weight is 302 g/mol. The summed E-state index contributed by atoms with van der Waals surface area (Å²) in [5, 5.41) is 5.12. The smallest absolute Gasteiger partial charge is 0.0459 e. The Kier molecular flexibility index (Phi) is 6.65. The van der Waals surface area contributed by atoms with Crippen LogP contribution in [0.3, 0.4) is 0 Å². The molecule has 1 N–H and O–H groups in total. The highest BCUT2D eigenvalue weighted by Crippen LogP contribution is 2.40. The first-order valence-electron chi connectivity index (χ1n) is 7.12. The van der Waals surface area contributed by atoms with Crippen LogP contribution >= 0.6 is 23.2 Å². The molecule has 0 radical (unpaired) electrons. The van der Waals surface area contributed by atoms with Crippen LogP contribution in [-0.2, 0) is 5.41 Å². The number of hydrogen-bond donors (Lipinski definition) is 1. The molecule has 1 aromatic carbocycles. The molecule has 0 aliphatic carbocycles. The Labute approximate surface area is 127 Å². The maximum Gasteiger partial charge on any atom is 0.0459 e. The van der Waals surface area contributed by atoms with Crippen molar-refractivity contribution in [3.8, 4) is 0 Å². The van der Waals surface area contributed by atoms with Crippen LogP contribution in [0.5, 0.6) is 0 Å². The third kappa shape index (κ3) is 4.11. The van der Waals surface area contributed by atoms with Gasteiger partial charge in [0.2, 0.25) is 0 Å². The SMILES string of the molecule is CCC(CC)(CNCC(C)C)c1c(Cl)cccc1Cl. The van der Waals surface area contributed by atoms with Gasteiger partial charge in [-0.05, 0) is 43.0 Å². The van der Waals surface area contributed by atoms with Crippen LogP contribution in [0.25, 0.3) is 0 Å². The minimum Gasteiger partial charge on any atom is -0.316 e. The lowest BCUT2D eigenvalue weighted by Crippen LogP contribution is -2.39. The Morgan fingerprint density at radius 3 is 2.05 bits per heavy atom. The van der Waals surface area contributed by atoms with Crippen LogP contribution in [0.1, 0.15) is 46.1 Å². The van der Waals surface area contributed by atoms with Crippen LogP contribution < -0.4 is 5.32 Å². The Hall–Kier alpha value is -0.240. The first-order valence-corrected chi connectivity index (χ1v) is 7.87. The fraction of sp³-hybridized carbons (Fsp3) is 0.625. The van der Waals surface area contributed by atoms with Crippen molar-refractivity contribution in [3.05, 3.63) is 33.8 Å². The number of hydrogen-bond acceptors (Lipinski definition) is 1. The minimum absolute atomic E-state index is 0.0182. The van der Waals surface area contributed by atoms with Crippen molar-refractivity contribution in [3.63, 3.8) is 0 Å². The van der Waals surface area contributed by atoms with Crippen LogP contribution in [0.2, 0.25) is 10.0 Å². The van der Waals surface area contributed by atoms with Gasteiger partial charge >= 0.3 is 0 Å². The lowest BCUT2D eigenvalue weighted by Gasteiger charge is -2.34. The summed E-state index contributed by atoms with van der Waals surface area (Å²) in [6.45, 7) is 10.8. The lowest BCUT2D eigenvalue weighted by atomic mass is 9.75. The molecule has 0 atom stereocenters. The molecule has 1 nitrogen and oxygen atoms in total. The summed E-state index contributed by atoms with van der Waals surface area (Å²) in [6.07, 6.45) is 2.05. The molecule has 0 unspecified atom stereocenters. The molecule has 0 aromatic heterocycles. The maximum absolute atomic E-state index is 6.40. The third-order valence-corrected chi connectivity index (χ3v) is 4.49. The molecule has 0 aliphatic rings. The van der Waals surface area contributed by atoms with Gasteiger partial charge in [-0.25, -0.2) is 0 Å². The van der Waals surface area contributed by atoms with E-state index in [1.165, 1.54) is 0 Å².